The highest BCUT2D eigenvalue weighted by molar-refractivity contribution is 7.93. The van der Waals surface area contributed by atoms with E-state index in [-0.39, 0.29) is 4.90 Å². The van der Waals surface area contributed by atoms with Gasteiger partial charge in [0.1, 0.15) is 0 Å². The molecule has 0 unspecified atom stereocenters. The molecule has 3 aromatic carbocycles. The second-order valence-electron chi connectivity index (χ2n) is 7.02. The molecule has 0 fully saturated rings. The zero-order chi connectivity index (χ0) is 20.5. The molecular weight excluding hydrogens is 370 g/mol. The molecule has 0 aliphatic carbocycles. The molecule has 0 saturated heterocycles. The molecule has 0 spiro atoms. The number of nitrogens with zero attached hydrogens (tertiary/aromatic N) is 1. The number of carbonyl (C=O) groups excluding carboxylic acids is 1. The monoisotopic (exact) mass is 393 g/mol. The highest BCUT2D eigenvalue weighted by atomic mass is 32.2. The van der Waals surface area contributed by atoms with E-state index in [0.717, 1.165) is 26.6 Å². The summed E-state index contributed by atoms with van der Waals surface area (Å²) >= 11 is 0. The summed E-state index contributed by atoms with van der Waals surface area (Å²) in [5.74, 6) is -0.576. The van der Waals surface area contributed by atoms with Gasteiger partial charge in [0.25, 0.3) is 15.9 Å². The molecule has 144 valence electrons. The first-order chi connectivity index (χ1) is 13.2. The molecule has 0 N–H and O–H groups in total. The third-order valence-corrected chi connectivity index (χ3v) is 6.49. The first-order valence-corrected chi connectivity index (χ1v) is 10.4. The largest absolute Gasteiger partial charge is 0.272 e. The van der Waals surface area contributed by atoms with Crippen molar-refractivity contribution in [2.24, 2.45) is 0 Å². The van der Waals surface area contributed by atoms with Crippen LogP contribution >= 0.6 is 0 Å². The lowest BCUT2D eigenvalue weighted by atomic mass is 10.1. The molecule has 0 heterocycles. The van der Waals surface area contributed by atoms with Crippen LogP contribution in [0.15, 0.2) is 71.6 Å². The third-order valence-electron chi connectivity index (χ3n) is 4.77. The minimum absolute atomic E-state index is 0.0795. The number of rotatable bonds is 4. The van der Waals surface area contributed by atoms with Crippen LogP contribution < -0.4 is 4.31 Å². The summed E-state index contributed by atoms with van der Waals surface area (Å²) in [5, 5.41) is 0. The number of benzene rings is 3. The van der Waals surface area contributed by atoms with Crippen LogP contribution in [0, 0.1) is 27.7 Å². The molecule has 0 aliphatic heterocycles. The summed E-state index contributed by atoms with van der Waals surface area (Å²) < 4.78 is 27.7. The predicted octanol–water partition coefficient (Wildman–Crippen LogP) is 4.96. The molecule has 0 aromatic heterocycles. The van der Waals surface area contributed by atoms with E-state index in [9.17, 15) is 13.2 Å². The summed E-state index contributed by atoms with van der Waals surface area (Å²) in [5.41, 5.74) is 4.55. The van der Waals surface area contributed by atoms with Gasteiger partial charge in [-0.3, -0.25) is 4.79 Å². The van der Waals surface area contributed by atoms with E-state index in [1.807, 2.05) is 33.8 Å². The maximum atomic E-state index is 13.4. The molecule has 5 heteroatoms. The Morgan fingerprint density at radius 3 is 1.79 bits per heavy atom. The number of amides is 1. The number of hydrogen-bond donors (Lipinski definition) is 0. The SMILES string of the molecule is Cc1ccc(N(C(=O)c2ccc(C)c(C)c2)S(=O)(=O)c2ccc(C)cc2)cc1. The van der Waals surface area contributed by atoms with Crippen LogP contribution in [-0.2, 0) is 10.0 Å². The molecule has 28 heavy (non-hydrogen) atoms. The van der Waals surface area contributed by atoms with Crippen molar-refractivity contribution < 1.29 is 13.2 Å². The van der Waals surface area contributed by atoms with Gasteiger partial charge in [-0.05, 0) is 75.2 Å². The van der Waals surface area contributed by atoms with E-state index < -0.39 is 15.9 Å². The van der Waals surface area contributed by atoms with E-state index in [0.29, 0.717) is 11.3 Å². The molecule has 3 rings (SSSR count). The van der Waals surface area contributed by atoms with Crippen molar-refractivity contribution in [2.45, 2.75) is 32.6 Å². The van der Waals surface area contributed by atoms with Crippen molar-refractivity contribution in [3.8, 4) is 0 Å². The topological polar surface area (TPSA) is 54.5 Å². The Balaban J connectivity index is 2.17. The first kappa shape index (κ1) is 19.8. The van der Waals surface area contributed by atoms with Crippen LogP contribution in [0.1, 0.15) is 32.6 Å². The fourth-order valence-electron chi connectivity index (χ4n) is 2.85. The summed E-state index contributed by atoms with van der Waals surface area (Å²) in [4.78, 5) is 13.4. The fourth-order valence-corrected chi connectivity index (χ4v) is 4.27. The van der Waals surface area contributed by atoms with Crippen LogP contribution in [-0.4, -0.2) is 14.3 Å². The number of aryl methyl sites for hydroxylation is 4. The smallest absolute Gasteiger partial charge is 0.268 e. The Kier molecular flexibility index (Phi) is 5.38. The molecule has 0 radical (unpaired) electrons. The van der Waals surface area contributed by atoms with Crippen LogP contribution in [0.3, 0.4) is 0 Å². The summed E-state index contributed by atoms with van der Waals surface area (Å²) in [7, 11) is -4.07. The van der Waals surface area contributed by atoms with Gasteiger partial charge in [-0.25, -0.2) is 8.42 Å². The van der Waals surface area contributed by atoms with Crippen LogP contribution in [0.5, 0.6) is 0 Å². The predicted molar refractivity (Wildman–Crippen MR) is 112 cm³/mol. The molecule has 1 amide bonds. The Morgan fingerprint density at radius 1 is 0.714 bits per heavy atom. The Labute approximate surface area is 166 Å². The summed E-state index contributed by atoms with van der Waals surface area (Å²) in [6, 6.07) is 18.6. The van der Waals surface area contributed by atoms with Crippen molar-refractivity contribution in [2.75, 3.05) is 4.31 Å². The summed E-state index contributed by atoms with van der Waals surface area (Å²) in [6.45, 7) is 7.64. The van der Waals surface area contributed by atoms with Crippen molar-refractivity contribution in [3.63, 3.8) is 0 Å². The van der Waals surface area contributed by atoms with Crippen LogP contribution in [0.25, 0.3) is 0 Å². The molecule has 3 aromatic rings. The zero-order valence-corrected chi connectivity index (χ0v) is 17.2. The number of anilines is 1. The van der Waals surface area contributed by atoms with Gasteiger partial charge in [0.2, 0.25) is 0 Å². The zero-order valence-electron chi connectivity index (χ0n) is 16.4. The van der Waals surface area contributed by atoms with E-state index in [1.54, 1.807) is 48.5 Å². The second kappa shape index (κ2) is 7.60. The first-order valence-electron chi connectivity index (χ1n) is 9.00. The Morgan fingerprint density at radius 2 is 1.25 bits per heavy atom. The van der Waals surface area contributed by atoms with Gasteiger partial charge >= 0.3 is 0 Å². The van der Waals surface area contributed by atoms with Crippen molar-refractivity contribution in [1.82, 2.24) is 0 Å². The highest BCUT2D eigenvalue weighted by Crippen LogP contribution is 2.27. The average molecular weight is 394 g/mol. The van der Waals surface area contributed by atoms with Gasteiger partial charge in [-0.2, -0.15) is 4.31 Å². The summed E-state index contributed by atoms with van der Waals surface area (Å²) in [6.07, 6.45) is 0. The van der Waals surface area contributed by atoms with Crippen molar-refractivity contribution in [3.05, 3.63) is 94.5 Å². The molecule has 0 saturated carbocycles. The standard InChI is InChI=1S/C23H23NO3S/c1-16-5-11-21(12-6-16)24(23(25)20-10-9-18(3)19(4)15-20)28(26,27)22-13-7-17(2)8-14-22/h5-15H,1-4H3. The molecular formula is C23H23NO3S. The van der Waals surface area contributed by atoms with Gasteiger partial charge in [-0.1, -0.05) is 41.5 Å². The lowest BCUT2D eigenvalue weighted by molar-refractivity contribution is 0.101. The highest BCUT2D eigenvalue weighted by Gasteiger charge is 2.32. The third kappa shape index (κ3) is 3.85. The van der Waals surface area contributed by atoms with Crippen LogP contribution in [0.4, 0.5) is 5.69 Å². The molecule has 0 aliphatic rings. The van der Waals surface area contributed by atoms with E-state index >= 15 is 0 Å². The van der Waals surface area contributed by atoms with Gasteiger partial charge in [0.15, 0.2) is 0 Å². The second-order valence-corrected chi connectivity index (χ2v) is 8.81. The van der Waals surface area contributed by atoms with Gasteiger partial charge in [-0.15, -0.1) is 0 Å². The van der Waals surface area contributed by atoms with E-state index in [1.165, 1.54) is 12.1 Å². The van der Waals surface area contributed by atoms with Gasteiger partial charge < -0.3 is 0 Å². The van der Waals surface area contributed by atoms with E-state index in [2.05, 4.69) is 0 Å². The van der Waals surface area contributed by atoms with E-state index in [4.69, 9.17) is 0 Å². The maximum absolute atomic E-state index is 13.4. The normalized spacial score (nSPS) is 11.3. The number of carbonyl (C=O) groups is 1. The van der Waals surface area contributed by atoms with Gasteiger partial charge in [0, 0.05) is 5.56 Å². The molecule has 4 nitrogen and oxygen atoms in total. The van der Waals surface area contributed by atoms with Gasteiger partial charge in [0.05, 0.1) is 10.6 Å². The fraction of sp³-hybridized carbons (Fsp3) is 0.174. The molecule has 0 atom stereocenters. The lowest BCUT2D eigenvalue weighted by Gasteiger charge is -2.23. The quantitative estimate of drug-likeness (QED) is 0.630. The minimum Gasteiger partial charge on any atom is -0.268 e. The minimum atomic E-state index is -4.07. The van der Waals surface area contributed by atoms with Crippen molar-refractivity contribution >= 4 is 21.6 Å². The number of sulfonamides is 1. The maximum Gasteiger partial charge on any atom is 0.272 e. The number of hydrogen-bond acceptors (Lipinski definition) is 3. The van der Waals surface area contributed by atoms with Crippen molar-refractivity contribution in [1.29, 1.82) is 0 Å². The Hall–Kier alpha value is -2.92. The molecule has 0 bridgehead atoms. The Bertz CT molecular complexity index is 1120. The lowest BCUT2D eigenvalue weighted by Crippen LogP contribution is -2.37. The average Bonchev–Trinajstić information content (AvgIpc) is 2.66. The van der Waals surface area contributed by atoms with Crippen LogP contribution in [0.2, 0.25) is 0 Å².